The quantitative estimate of drug-likeness (QED) is 0.374. The molecule has 134 valence electrons. The third-order valence-electron chi connectivity index (χ3n) is 4.14. The molecule has 0 saturated carbocycles. The minimum Gasteiger partial charge on any atom is -0.289 e. The highest BCUT2D eigenvalue weighted by molar-refractivity contribution is 7.13. The average molecular weight is 374 g/mol. The lowest BCUT2D eigenvalue weighted by Crippen LogP contribution is -1.99. The molecule has 5 nitrogen and oxygen atoms in total. The van der Waals surface area contributed by atoms with Crippen LogP contribution < -0.4 is 0 Å². The number of nitrogens with zero attached hydrogens (tertiary/aromatic N) is 4. The van der Waals surface area contributed by atoms with Crippen molar-refractivity contribution in [2.75, 3.05) is 0 Å². The molecule has 6 heteroatoms. The van der Waals surface area contributed by atoms with E-state index in [9.17, 15) is 4.79 Å². The zero-order valence-corrected chi connectivity index (χ0v) is 15.6. The molecule has 0 atom stereocenters. The molecule has 0 N–H and O–H groups in total. The summed E-state index contributed by atoms with van der Waals surface area (Å²) in [5.74, 6) is -0.0731. The van der Waals surface area contributed by atoms with Crippen LogP contribution in [-0.4, -0.2) is 25.3 Å². The Bertz CT molecular complexity index is 1070. The maximum Gasteiger partial charge on any atom is 0.189 e. The number of allylic oxidation sites excluding steroid dienone is 1. The summed E-state index contributed by atoms with van der Waals surface area (Å²) in [6.45, 7) is 0.684. The summed E-state index contributed by atoms with van der Waals surface area (Å²) >= 11 is 1.64. The Balaban J connectivity index is 1.64. The fraction of sp³-hybridized carbons (Fsp3) is 0.0952. The van der Waals surface area contributed by atoms with Crippen LogP contribution in [0.15, 0.2) is 72.5 Å². The van der Waals surface area contributed by atoms with Gasteiger partial charge in [0.1, 0.15) is 5.69 Å². The number of hydrogen-bond acceptors (Lipinski definition) is 4. The fourth-order valence-corrected chi connectivity index (χ4v) is 3.56. The lowest BCUT2D eigenvalue weighted by molar-refractivity contribution is 0.104. The zero-order chi connectivity index (χ0) is 18.6. The van der Waals surface area contributed by atoms with Crippen molar-refractivity contribution >= 4 is 23.2 Å². The number of aromatic nitrogens is 4. The minimum atomic E-state index is -0.0731. The Morgan fingerprint density at radius 2 is 2.00 bits per heavy atom. The highest BCUT2D eigenvalue weighted by Crippen LogP contribution is 2.28. The molecule has 0 unspecified atom stereocenters. The largest absolute Gasteiger partial charge is 0.289 e. The smallest absolute Gasteiger partial charge is 0.189 e. The molecular formula is C21H18N4OS. The van der Waals surface area contributed by atoms with Gasteiger partial charge in [0.05, 0.1) is 23.2 Å². The van der Waals surface area contributed by atoms with E-state index in [1.165, 1.54) is 5.56 Å². The monoisotopic (exact) mass is 374 g/mol. The van der Waals surface area contributed by atoms with Crippen molar-refractivity contribution in [3.8, 4) is 10.6 Å². The van der Waals surface area contributed by atoms with Gasteiger partial charge in [-0.1, -0.05) is 36.4 Å². The van der Waals surface area contributed by atoms with Crippen LogP contribution in [0.4, 0.5) is 0 Å². The van der Waals surface area contributed by atoms with E-state index >= 15 is 0 Å². The van der Waals surface area contributed by atoms with Gasteiger partial charge in [0.2, 0.25) is 0 Å². The highest BCUT2D eigenvalue weighted by Gasteiger charge is 2.12. The highest BCUT2D eigenvalue weighted by atomic mass is 32.1. The Morgan fingerprint density at radius 3 is 2.70 bits per heavy atom. The summed E-state index contributed by atoms with van der Waals surface area (Å²) in [5, 5.41) is 10.8. The van der Waals surface area contributed by atoms with Crippen LogP contribution in [0.25, 0.3) is 16.6 Å². The summed E-state index contributed by atoms with van der Waals surface area (Å²) in [7, 11) is 1.79. The molecule has 0 aliphatic heterocycles. The van der Waals surface area contributed by atoms with E-state index in [0.29, 0.717) is 12.1 Å². The lowest BCUT2D eigenvalue weighted by atomic mass is 10.1. The Kier molecular flexibility index (Phi) is 4.80. The molecule has 3 aromatic heterocycles. The minimum absolute atomic E-state index is 0.0731. The first-order valence-corrected chi connectivity index (χ1v) is 9.43. The normalized spacial score (nSPS) is 11.3. The number of rotatable bonds is 6. The van der Waals surface area contributed by atoms with E-state index in [4.69, 9.17) is 5.10 Å². The van der Waals surface area contributed by atoms with Crippen LogP contribution in [0.2, 0.25) is 0 Å². The number of thiophene rings is 1. The standard InChI is InChI=1S/C21H18N4OS/c1-24-14-18(12-22-24)19(26)10-9-17-15-25(13-16-6-3-2-4-7-16)23-21(17)20-8-5-11-27-20/h2-12,14-15H,13H2,1H3/b10-9+. The van der Waals surface area contributed by atoms with E-state index in [-0.39, 0.29) is 5.78 Å². The first-order valence-electron chi connectivity index (χ1n) is 8.55. The molecule has 0 amide bonds. The summed E-state index contributed by atoms with van der Waals surface area (Å²) in [6.07, 6.45) is 8.68. The Labute approximate surface area is 161 Å². The third-order valence-corrected chi connectivity index (χ3v) is 5.01. The van der Waals surface area contributed by atoms with Crippen LogP contribution in [0.5, 0.6) is 0 Å². The predicted molar refractivity (Wildman–Crippen MR) is 108 cm³/mol. The summed E-state index contributed by atoms with van der Waals surface area (Å²) in [6, 6.07) is 14.2. The second kappa shape index (κ2) is 7.55. The number of benzene rings is 1. The zero-order valence-electron chi connectivity index (χ0n) is 14.8. The number of aryl methyl sites for hydroxylation is 1. The molecule has 0 fully saturated rings. The molecule has 3 heterocycles. The van der Waals surface area contributed by atoms with E-state index < -0.39 is 0 Å². The van der Waals surface area contributed by atoms with E-state index in [1.54, 1.807) is 41.5 Å². The van der Waals surface area contributed by atoms with Crippen molar-refractivity contribution < 1.29 is 4.79 Å². The first-order chi connectivity index (χ1) is 13.2. The maximum absolute atomic E-state index is 12.4. The van der Waals surface area contributed by atoms with Gasteiger partial charge in [-0.2, -0.15) is 10.2 Å². The van der Waals surface area contributed by atoms with Gasteiger partial charge < -0.3 is 0 Å². The van der Waals surface area contributed by atoms with Crippen molar-refractivity contribution in [2.24, 2.45) is 7.05 Å². The number of carbonyl (C=O) groups excluding carboxylic acids is 1. The van der Waals surface area contributed by atoms with Crippen LogP contribution in [0, 0.1) is 0 Å². The lowest BCUT2D eigenvalue weighted by Gasteiger charge is -2.00. The van der Waals surface area contributed by atoms with Crippen LogP contribution in [0.3, 0.4) is 0 Å². The molecule has 27 heavy (non-hydrogen) atoms. The van der Waals surface area contributed by atoms with Gasteiger partial charge >= 0.3 is 0 Å². The Morgan fingerprint density at radius 1 is 1.15 bits per heavy atom. The molecule has 0 aliphatic carbocycles. The van der Waals surface area contributed by atoms with Gasteiger partial charge in [0.15, 0.2) is 5.78 Å². The van der Waals surface area contributed by atoms with Crippen molar-refractivity contribution in [1.82, 2.24) is 19.6 Å². The molecule has 0 spiro atoms. The summed E-state index contributed by atoms with van der Waals surface area (Å²) in [5.41, 5.74) is 3.56. The van der Waals surface area contributed by atoms with Gasteiger partial charge in [-0.05, 0) is 29.2 Å². The van der Waals surface area contributed by atoms with Gasteiger partial charge in [-0.15, -0.1) is 11.3 Å². The molecule has 0 aliphatic rings. The molecule has 0 saturated heterocycles. The second-order valence-corrected chi connectivity index (χ2v) is 7.14. The van der Waals surface area contributed by atoms with Gasteiger partial charge in [-0.3, -0.25) is 14.2 Å². The maximum atomic E-state index is 12.4. The van der Waals surface area contributed by atoms with Crippen molar-refractivity contribution in [1.29, 1.82) is 0 Å². The second-order valence-electron chi connectivity index (χ2n) is 6.19. The van der Waals surface area contributed by atoms with Crippen LogP contribution in [-0.2, 0) is 13.6 Å². The van der Waals surface area contributed by atoms with Gasteiger partial charge in [-0.25, -0.2) is 0 Å². The molecule has 4 rings (SSSR count). The fourth-order valence-electron chi connectivity index (χ4n) is 2.83. The number of hydrogen-bond donors (Lipinski definition) is 0. The number of ketones is 1. The number of carbonyl (C=O) groups is 1. The van der Waals surface area contributed by atoms with Crippen molar-refractivity contribution in [3.05, 3.63) is 89.2 Å². The molecule has 0 radical (unpaired) electrons. The molecule has 4 aromatic rings. The molecule has 0 bridgehead atoms. The van der Waals surface area contributed by atoms with Gasteiger partial charge in [0.25, 0.3) is 0 Å². The van der Waals surface area contributed by atoms with E-state index in [2.05, 4.69) is 17.2 Å². The molecule has 1 aromatic carbocycles. The Hall–Kier alpha value is -3.25. The predicted octanol–water partition coefficient (Wildman–Crippen LogP) is 4.29. The van der Waals surface area contributed by atoms with Crippen molar-refractivity contribution in [3.63, 3.8) is 0 Å². The summed E-state index contributed by atoms with van der Waals surface area (Å²) < 4.78 is 3.54. The van der Waals surface area contributed by atoms with Crippen LogP contribution in [0.1, 0.15) is 21.5 Å². The molecular weight excluding hydrogens is 356 g/mol. The van der Waals surface area contributed by atoms with Crippen LogP contribution >= 0.6 is 11.3 Å². The third kappa shape index (κ3) is 3.96. The first kappa shape index (κ1) is 17.2. The van der Waals surface area contributed by atoms with E-state index in [1.807, 2.05) is 52.7 Å². The van der Waals surface area contributed by atoms with Gasteiger partial charge in [0, 0.05) is 25.0 Å². The van der Waals surface area contributed by atoms with E-state index in [0.717, 1.165) is 16.1 Å². The summed E-state index contributed by atoms with van der Waals surface area (Å²) in [4.78, 5) is 13.4. The SMILES string of the molecule is Cn1cc(C(=O)/C=C/c2cn(Cc3ccccc3)nc2-c2cccs2)cn1. The topological polar surface area (TPSA) is 52.7 Å². The average Bonchev–Trinajstić information content (AvgIpc) is 3.41. The van der Waals surface area contributed by atoms with Crippen molar-refractivity contribution in [2.45, 2.75) is 6.54 Å².